The van der Waals surface area contributed by atoms with E-state index in [1.54, 1.807) is 7.11 Å². The fourth-order valence-corrected chi connectivity index (χ4v) is 4.24. The molecule has 4 rings (SSSR count). The number of benzene rings is 1. The maximum Gasteiger partial charge on any atom is 0.168 e. The largest absolute Gasteiger partial charge is 0.492 e. The molecule has 0 aromatic heterocycles. The molecule has 0 saturated heterocycles. The Morgan fingerprint density at radius 2 is 1.62 bits per heavy atom. The van der Waals surface area contributed by atoms with E-state index in [0.29, 0.717) is 0 Å². The van der Waals surface area contributed by atoms with Gasteiger partial charge in [0.25, 0.3) is 0 Å². The molecule has 2 aliphatic heterocycles. The second-order valence-corrected chi connectivity index (χ2v) is 6.44. The van der Waals surface area contributed by atoms with Crippen molar-refractivity contribution in [3.8, 4) is 17.2 Å². The Kier molecular flexibility index (Phi) is 3.03. The van der Waals surface area contributed by atoms with Crippen LogP contribution in [0.15, 0.2) is 0 Å². The van der Waals surface area contributed by atoms with Gasteiger partial charge in [-0.25, -0.2) is 0 Å². The summed E-state index contributed by atoms with van der Waals surface area (Å²) in [5, 5.41) is 0. The van der Waals surface area contributed by atoms with E-state index in [2.05, 4.69) is 0 Å². The van der Waals surface area contributed by atoms with Gasteiger partial charge in [0.05, 0.1) is 20.3 Å². The monoisotopic (exact) mass is 289 g/mol. The van der Waals surface area contributed by atoms with Gasteiger partial charge in [-0.1, -0.05) is 19.3 Å². The van der Waals surface area contributed by atoms with Crippen molar-refractivity contribution in [1.82, 2.24) is 0 Å². The van der Waals surface area contributed by atoms with E-state index < -0.39 is 0 Å². The first-order chi connectivity index (χ1) is 10.2. The summed E-state index contributed by atoms with van der Waals surface area (Å²) in [7, 11) is 1.72. The van der Waals surface area contributed by atoms with Crippen LogP contribution in [-0.4, -0.2) is 20.3 Å². The van der Waals surface area contributed by atoms with Crippen molar-refractivity contribution in [2.45, 2.75) is 50.5 Å². The Bertz CT molecular complexity index is 541. The van der Waals surface area contributed by atoms with E-state index in [1.165, 1.54) is 30.4 Å². The van der Waals surface area contributed by atoms with Crippen molar-refractivity contribution in [1.29, 1.82) is 0 Å². The number of hydrogen-bond donors (Lipinski definition) is 1. The van der Waals surface area contributed by atoms with Gasteiger partial charge in [-0.05, 0) is 12.8 Å². The standard InChI is InChI=1S/C17H23NO3/c1-19-15-12-6-10-20-14(12)13(11-5-9-21-16(11)15)17(18)7-3-2-4-8-17/h2-10,18H2,1H3. The Hall–Kier alpha value is -1.42. The van der Waals surface area contributed by atoms with Crippen LogP contribution in [0.2, 0.25) is 0 Å². The molecule has 0 spiro atoms. The SMILES string of the molecule is COc1c2c(c(C3(N)CCCCC3)c3c1OCC3)OCC2. The summed E-state index contributed by atoms with van der Waals surface area (Å²) >= 11 is 0. The van der Waals surface area contributed by atoms with Gasteiger partial charge >= 0.3 is 0 Å². The third-order valence-corrected chi connectivity index (χ3v) is 5.20. The summed E-state index contributed by atoms with van der Waals surface area (Å²) < 4.78 is 17.5. The third-order valence-electron chi connectivity index (χ3n) is 5.20. The molecule has 0 unspecified atom stereocenters. The molecule has 4 nitrogen and oxygen atoms in total. The van der Waals surface area contributed by atoms with E-state index >= 15 is 0 Å². The average molecular weight is 289 g/mol. The van der Waals surface area contributed by atoms with Crippen LogP contribution in [0.3, 0.4) is 0 Å². The highest BCUT2D eigenvalue weighted by molar-refractivity contribution is 5.67. The molecule has 1 aromatic carbocycles. The minimum Gasteiger partial charge on any atom is -0.492 e. The first-order valence-corrected chi connectivity index (χ1v) is 8.05. The lowest BCUT2D eigenvalue weighted by Crippen LogP contribution is -2.39. The Morgan fingerprint density at radius 1 is 0.952 bits per heavy atom. The number of fused-ring (bicyclic) bond motifs is 2. The molecule has 0 amide bonds. The van der Waals surface area contributed by atoms with Crippen molar-refractivity contribution in [3.05, 3.63) is 16.7 Å². The molecule has 21 heavy (non-hydrogen) atoms. The molecule has 3 aliphatic rings. The average Bonchev–Trinajstić information content (AvgIpc) is 3.13. The first kappa shape index (κ1) is 13.3. The first-order valence-electron chi connectivity index (χ1n) is 8.05. The molecule has 4 heteroatoms. The van der Waals surface area contributed by atoms with Gasteiger partial charge in [0.1, 0.15) is 5.75 Å². The maximum atomic E-state index is 6.84. The van der Waals surface area contributed by atoms with Gasteiger partial charge in [-0.15, -0.1) is 0 Å². The maximum absolute atomic E-state index is 6.84. The molecule has 0 atom stereocenters. The van der Waals surface area contributed by atoms with Crippen LogP contribution in [0.4, 0.5) is 0 Å². The minimum atomic E-state index is -0.253. The summed E-state index contributed by atoms with van der Waals surface area (Å²) in [4.78, 5) is 0. The normalized spacial score (nSPS) is 22.2. The topological polar surface area (TPSA) is 53.7 Å². The summed E-state index contributed by atoms with van der Waals surface area (Å²) in [6.45, 7) is 1.44. The Morgan fingerprint density at radius 3 is 2.33 bits per heavy atom. The zero-order valence-corrected chi connectivity index (χ0v) is 12.7. The van der Waals surface area contributed by atoms with E-state index in [-0.39, 0.29) is 5.54 Å². The van der Waals surface area contributed by atoms with Gasteiger partial charge in [0, 0.05) is 35.1 Å². The van der Waals surface area contributed by atoms with Crippen molar-refractivity contribution in [2.24, 2.45) is 5.73 Å². The highest BCUT2D eigenvalue weighted by atomic mass is 16.5. The van der Waals surface area contributed by atoms with E-state index in [0.717, 1.165) is 61.7 Å². The molecule has 2 heterocycles. The molecule has 114 valence electrons. The summed E-state index contributed by atoms with van der Waals surface area (Å²) in [5.41, 5.74) is 10.2. The lowest BCUT2D eigenvalue weighted by molar-refractivity contribution is 0.281. The van der Waals surface area contributed by atoms with Crippen molar-refractivity contribution in [3.63, 3.8) is 0 Å². The Balaban J connectivity index is 1.95. The highest BCUT2D eigenvalue weighted by Crippen LogP contribution is 2.53. The van der Waals surface area contributed by atoms with E-state index in [4.69, 9.17) is 19.9 Å². The fraction of sp³-hybridized carbons (Fsp3) is 0.647. The van der Waals surface area contributed by atoms with Crippen molar-refractivity contribution in [2.75, 3.05) is 20.3 Å². The van der Waals surface area contributed by atoms with Crippen molar-refractivity contribution < 1.29 is 14.2 Å². The van der Waals surface area contributed by atoms with Crippen LogP contribution in [0.5, 0.6) is 17.2 Å². The zero-order valence-electron chi connectivity index (χ0n) is 12.7. The minimum absolute atomic E-state index is 0.253. The van der Waals surface area contributed by atoms with Gasteiger partial charge in [0.15, 0.2) is 11.5 Å². The molecular formula is C17H23NO3. The van der Waals surface area contributed by atoms with Crippen LogP contribution in [-0.2, 0) is 18.4 Å². The number of hydrogen-bond acceptors (Lipinski definition) is 4. The molecule has 0 radical (unpaired) electrons. The number of methoxy groups -OCH3 is 1. The van der Waals surface area contributed by atoms with Crippen LogP contribution in [0, 0.1) is 0 Å². The quantitative estimate of drug-likeness (QED) is 0.909. The summed E-state index contributed by atoms with van der Waals surface area (Å²) in [5.74, 6) is 2.80. The zero-order chi connectivity index (χ0) is 14.4. The highest BCUT2D eigenvalue weighted by Gasteiger charge is 2.41. The predicted octanol–water partition coefficient (Wildman–Crippen LogP) is 2.68. The molecule has 2 N–H and O–H groups in total. The molecular weight excluding hydrogens is 266 g/mol. The van der Waals surface area contributed by atoms with Crippen LogP contribution >= 0.6 is 0 Å². The summed E-state index contributed by atoms with van der Waals surface area (Å²) in [6, 6.07) is 0. The second kappa shape index (κ2) is 4.80. The molecule has 0 bridgehead atoms. The smallest absolute Gasteiger partial charge is 0.168 e. The van der Waals surface area contributed by atoms with Crippen LogP contribution < -0.4 is 19.9 Å². The predicted molar refractivity (Wildman–Crippen MR) is 80.3 cm³/mol. The van der Waals surface area contributed by atoms with Gasteiger partial charge in [-0.3, -0.25) is 0 Å². The van der Waals surface area contributed by atoms with Crippen LogP contribution in [0.1, 0.15) is 48.8 Å². The molecule has 1 fully saturated rings. The molecule has 1 aromatic rings. The number of rotatable bonds is 2. The van der Waals surface area contributed by atoms with Gasteiger partial charge in [-0.2, -0.15) is 0 Å². The van der Waals surface area contributed by atoms with Gasteiger partial charge < -0.3 is 19.9 Å². The molecule has 1 aliphatic carbocycles. The Labute approximate surface area is 125 Å². The van der Waals surface area contributed by atoms with E-state index in [9.17, 15) is 0 Å². The summed E-state index contributed by atoms with van der Waals surface area (Å²) in [6.07, 6.45) is 7.58. The van der Waals surface area contributed by atoms with Crippen molar-refractivity contribution >= 4 is 0 Å². The van der Waals surface area contributed by atoms with E-state index in [1.807, 2.05) is 0 Å². The fourth-order valence-electron chi connectivity index (χ4n) is 4.24. The lowest BCUT2D eigenvalue weighted by Gasteiger charge is -2.36. The molecule has 1 saturated carbocycles. The third kappa shape index (κ3) is 1.85. The number of ether oxygens (including phenoxy) is 3. The van der Waals surface area contributed by atoms with Crippen LogP contribution in [0.25, 0.3) is 0 Å². The number of nitrogens with two attached hydrogens (primary N) is 1. The second-order valence-electron chi connectivity index (χ2n) is 6.44. The lowest BCUT2D eigenvalue weighted by atomic mass is 9.74. The van der Waals surface area contributed by atoms with Gasteiger partial charge in [0.2, 0.25) is 0 Å².